The molecule has 0 atom stereocenters. The molecule has 0 aliphatic heterocycles. The molecule has 3 nitrogen and oxygen atoms in total. The lowest BCUT2D eigenvalue weighted by atomic mass is 10.2. The molecule has 0 unspecified atom stereocenters. The minimum atomic E-state index is 0.424. The van der Waals surface area contributed by atoms with Crippen molar-refractivity contribution in [2.45, 2.75) is 26.2 Å². The Balaban J connectivity index is 2.29. The standard InChI is InChI=1S/C9H17N3S2/c1-7(2)8-11-9(14-12-8)10-5-4-6-13-3/h7H,4-6H2,1-3H3,(H,10,11,12). The topological polar surface area (TPSA) is 37.8 Å². The maximum Gasteiger partial charge on any atom is 0.202 e. The molecule has 0 radical (unpaired) electrons. The first-order valence-corrected chi connectivity index (χ1v) is 6.97. The van der Waals surface area contributed by atoms with Gasteiger partial charge >= 0.3 is 0 Å². The van der Waals surface area contributed by atoms with E-state index in [2.05, 4.69) is 34.8 Å². The zero-order valence-corrected chi connectivity index (χ0v) is 10.5. The van der Waals surface area contributed by atoms with E-state index in [1.54, 1.807) is 0 Å². The Morgan fingerprint density at radius 3 is 2.86 bits per heavy atom. The molecule has 0 bridgehead atoms. The molecule has 0 saturated heterocycles. The summed E-state index contributed by atoms with van der Waals surface area (Å²) in [6.45, 7) is 5.21. The average molecular weight is 231 g/mol. The fourth-order valence-corrected chi connectivity index (χ4v) is 2.12. The third kappa shape index (κ3) is 3.84. The minimum Gasteiger partial charge on any atom is -0.360 e. The van der Waals surface area contributed by atoms with Gasteiger partial charge in [0.15, 0.2) is 0 Å². The number of anilines is 1. The molecule has 14 heavy (non-hydrogen) atoms. The molecule has 0 amide bonds. The van der Waals surface area contributed by atoms with Gasteiger partial charge in [0, 0.05) is 24.0 Å². The van der Waals surface area contributed by atoms with Crippen LogP contribution in [0.3, 0.4) is 0 Å². The van der Waals surface area contributed by atoms with Crippen LogP contribution in [0.1, 0.15) is 32.0 Å². The van der Waals surface area contributed by atoms with E-state index in [1.807, 2.05) is 11.8 Å². The van der Waals surface area contributed by atoms with Crippen molar-refractivity contribution in [3.05, 3.63) is 5.82 Å². The number of nitrogens with one attached hydrogen (secondary N) is 1. The van der Waals surface area contributed by atoms with Crippen molar-refractivity contribution < 1.29 is 0 Å². The van der Waals surface area contributed by atoms with Gasteiger partial charge in [0.1, 0.15) is 5.82 Å². The van der Waals surface area contributed by atoms with Crippen LogP contribution >= 0.6 is 23.3 Å². The minimum absolute atomic E-state index is 0.424. The monoisotopic (exact) mass is 231 g/mol. The Morgan fingerprint density at radius 2 is 2.29 bits per heavy atom. The van der Waals surface area contributed by atoms with Crippen molar-refractivity contribution in [3.63, 3.8) is 0 Å². The van der Waals surface area contributed by atoms with Crippen molar-refractivity contribution >= 4 is 28.4 Å². The average Bonchev–Trinajstić information content (AvgIpc) is 2.61. The Hall–Kier alpha value is -0.290. The third-order valence-electron chi connectivity index (χ3n) is 1.76. The number of nitrogens with zero attached hydrogens (tertiary/aromatic N) is 2. The van der Waals surface area contributed by atoms with E-state index in [0.717, 1.165) is 17.5 Å². The summed E-state index contributed by atoms with van der Waals surface area (Å²) in [5.74, 6) is 2.57. The molecular weight excluding hydrogens is 214 g/mol. The van der Waals surface area contributed by atoms with Gasteiger partial charge in [-0.25, -0.2) is 4.98 Å². The second-order valence-electron chi connectivity index (χ2n) is 3.39. The summed E-state index contributed by atoms with van der Waals surface area (Å²) in [5, 5.41) is 4.24. The van der Waals surface area contributed by atoms with Crippen LogP contribution in [0.25, 0.3) is 0 Å². The van der Waals surface area contributed by atoms with E-state index in [-0.39, 0.29) is 0 Å². The lowest BCUT2D eigenvalue weighted by Gasteiger charge is -2.00. The Bertz CT molecular complexity index is 260. The first-order chi connectivity index (χ1) is 6.74. The van der Waals surface area contributed by atoms with Gasteiger partial charge in [0.2, 0.25) is 5.13 Å². The van der Waals surface area contributed by atoms with Gasteiger partial charge in [-0.2, -0.15) is 16.1 Å². The van der Waals surface area contributed by atoms with E-state index in [1.165, 1.54) is 23.7 Å². The van der Waals surface area contributed by atoms with Crippen LogP contribution in [0.5, 0.6) is 0 Å². The highest BCUT2D eigenvalue weighted by Gasteiger charge is 2.06. The number of rotatable bonds is 6. The normalized spacial score (nSPS) is 10.9. The molecular formula is C9H17N3S2. The highest BCUT2D eigenvalue weighted by atomic mass is 32.2. The summed E-state index contributed by atoms with van der Waals surface area (Å²) < 4.78 is 4.28. The smallest absolute Gasteiger partial charge is 0.202 e. The molecule has 0 aromatic carbocycles. The fourth-order valence-electron chi connectivity index (χ4n) is 0.953. The van der Waals surface area contributed by atoms with Crippen LogP contribution in [0.15, 0.2) is 0 Å². The number of aromatic nitrogens is 2. The van der Waals surface area contributed by atoms with Crippen LogP contribution in [0, 0.1) is 0 Å². The van der Waals surface area contributed by atoms with Gasteiger partial charge in [-0.1, -0.05) is 13.8 Å². The summed E-state index contributed by atoms with van der Waals surface area (Å²) >= 11 is 3.33. The zero-order chi connectivity index (χ0) is 10.4. The number of hydrogen-bond acceptors (Lipinski definition) is 5. The summed E-state index contributed by atoms with van der Waals surface area (Å²) in [5.41, 5.74) is 0. The van der Waals surface area contributed by atoms with E-state index in [4.69, 9.17) is 0 Å². The van der Waals surface area contributed by atoms with E-state index >= 15 is 0 Å². The van der Waals surface area contributed by atoms with Gasteiger partial charge in [-0.3, -0.25) is 0 Å². The number of hydrogen-bond donors (Lipinski definition) is 1. The first-order valence-electron chi connectivity index (χ1n) is 4.80. The van der Waals surface area contributed by atoms with Crippen molar-refractivity contribution in [2.75, 3.05) is 23.9 Å². The highest BCUT2D eigenvalue weighted by Crippen LogP contribution is 2.17. The summed E-state index contributed by atoms with van der Waals surface area (Å²) in [6.07, 6.45) is 3.31. The third-order valence-corrected chi connectivity index (χ3v) is 3.14. The lowest BCUT2D eigenvalue weighted by molar-refractivity contribution is 0.798. The first kappa shape index (κ1) is 11.8. The Kier molecular flexibility index (Phi) is 5.25. The molecule has 1 aromatic heterocycles. The molecule has 1 heterocycles. The Labute approximate surface area is 93.9 Å². The van der Waals surface area contributed by atoms with Crippen LogP contribution in [-0.4, -0.2) is 27.9 Å². The molecule has 0 saturated carbocycles. The second kappa shape index (κ2) is 6.24. The predicted octanol–water partition coefficient (Wildman–Crippen LogP) is 2.83. The van der Waals surface area contributed by atoms with Gasteiger partial charge in [0.25, 0.3) is 0 Å². The maximum absolute atomic E-state index is 4.40. The van der Waals surface area contributed by atoms with Crippen LogP contribution in [-0.2, 0) is 0 Å². The molecule has 0 aliphatic rings. The molecule has 80 valence electrons. The number of thioether (sulfide) groups is 1. The van der Waals surface area contributed by atoms with Crippen molar-refractivity contribution in [2.24, 2.45) is 0 Å². The maximum atomic E-state index is 4.40. The largest absolute Gasteiger partial charge is 0.360 e. The zero-order valence-electron chi connectivity index (χ0n) is 8.91. The molecule has 0 aliphatic carbocycles. The van der Waals surface area contributed by atoms with Gasteiger partial charge < -0.3 is 5.32 Å². The van der Waals surface area contributed by atoms with Gasteiger partial charge in [0.05, 0.1) is 0 Å². The molecule has 5 heteroatoms. The van der Waals surface area contributed by atoms with E-state index in [0.29, 0.717) is 5.92 Å². The van der Waals surface area contributed by atoms with Crippen LogP contribution in [0.4, 0.5) is 5.13 Å². The summed E-state index contributed by atoms with van der Waals surface area (Å²) in [6, 6.07) is 0. The summed E-state index contributed by atoms with van der Waals surface area (Å²) in [7, 11) is 0. The fraction of sp³-hybridized carbons (Fsp3) is 0.778. The molecule has 0 fully saturated rings. The SMILES string of the molecule is CSCCCNc1nc(C(C)C)ns1. The second-order valence-corrected chi connectivity index (χ2v) is 5.12. The van der Waals surface area contributed by atoms with Gasteiger partial charge in [-0.05, 0) is 18.4 Å². The predicted molar refractivity (Wildman–Crippen MR) is 65.5 cm³/mol. The summed E-state index contributed by atoms with van der Waals surface area (Å²) in [4.78, 5) is 4.40. The highest BCUT2D eigenvalue weighted by molar-refractivity contribution is 7.98. The molecule has 1 rings (SSSR count). The molecule has 0 spiro atoms. The van der Waals surface area contributed by atoms with Crippen molar-refractivity contribution in [1.29, 1.82) is 0 Å². The van der Waals surface area contributed by atoms with Crippen LogP contribution < -0.4 is 5.32 Å². The molecule has 1 N–H and O–H groups in total. The van der Waals surface area contributed by atoms with Gasteiger partial charge in [-0.15, -0.1) is 0 Å². The van der Waals surface area contributed by atoms with Crippen LogP contribution in [0.2, 0.25) is 0 Å². The van der Waals surface area contributed by atoms with E-state index < -0.39 is 0 Å². The quantitative estimate of drug-likeness (QED) is 0.764. The van der Waals surface area contributed by atoms with E-state index in [9.17, 15) is 0 Å². The Morgan fingerprint density at radius 1 is 1.50 bits per heavy atom. The lowest BCUT2D eigenvalue weighted by Crippen LogP contribution is -2.02. The van der Waals surface area contributed by atoms with Crippen molar-refractivity contribution in [3.8, 4) is 0 Å². The van der Waals surface area contributed by atoms with Crippen molar-refractivity contribution in [1.82, 2.24) is 9.36 Å². The molecule has 1 aromatic rings.